The van der Waals surface area contributed by atoms with E-state index in [4.69, 9.17) is 114 Å². The molecule has 0 spiro atoms. The summed E-state index contributed by atoms with van der Waals surface area (Å²) in [6.07, 6.45) is -19.8. The van der Waals surface area contributed by atoms with Crippen molar-refractivity contribution in [3.05, 3.63) is 117 Å². The summed E-state index contributed by atoms with van der Waals surface area (Å²) in [7, 11) is 0. The van der Waals surface area contributed by atoms with Crippen LogP contribution in [0.15, 0.2) is 72.8 Å². The normalized spacial score (nSPS) is 24.5. The Hall–Kier alpha value is -11.2. The fourth-order valence-electron chi connectivity index (χ4n) is 16.3. The number of hydrogen-bond donors (Lipinski definition) is 0. The molecule has 4 aliphatic heterocycles. The SMILES string of the molecule is CC(=O)OCC1OC(SCCCOc2c3cccc2Cc2cccc(c2OCCCSC2OC(COC(C)=O)C(OC(C)=O)C(OC(C)=O)C2OC(C)=O)Cc2cccc(c2OCCCSC2OC(COC(C)=O)C(OC(C)=O)C(OC(C)=O)C2OC(C)=O)Cc2cccc(c2OCCCSC2OC(COC(C)=O)C(OC(C)=O)C(OC(C)=O)C2OC(C)=O)C3)C(OC(C)=O)C(OC(C)=O)C1OC(C)=O. The van der Waals surface area contributed by atoms with E-state index in [1.807, 2.05) is 72.8 Å². The Labute approximate surface area is 826 Å². The molecule has 9 rings (SSSR count). The largest absolute Gasteiger partial charge is 0.493 e. The van der Waals surface area contributed by atoms with Crippen molar-refractivity contribution in [3.63, 3.8) is 0 Å². The molecule has 20 atom stereocenters. The van der Waals surface area contributed by atoms with E-state index in [0.29, 0.717) is 67.5 Å². The molecule has 0 amide bonds. The maximum absolute atomic E-state index is 12.9. The fourth-order valence-corrected chi connectivity index (χ4v) is 20.8. The van der Waals surface area contributed by atoms with Gasteiger partial charge in [-0.15, -0.1) is 47.0 Å². The van der Waals surface area contributed by atoms with Crippen LogP contribution in [0.2, 0.25) is 0 Å². The third-order valence-electron chi connectivity index (χ3n) is 21.3. The van der Waals surface area contributed by atoms with Crippen molar-refractivity contribution in [2.45, 2.75) is 282 Å². The number of hydrogen-bond acceptors (Lipinski definition) is 44. The molecule has 40 nitrogen and oxygen atoms in total. The van der Waals surface area contributed by atoms with Gasteiger partial charge in [-0.25, -0.2) is 0 Å². The van der Waals surface area contributed by atoms with Gasteiger partial charge in [0.05, 0.1) is 26.4 Å². The van der Waals surface area contributed by atoms with Crippen molar-refractivity contribution in [2.24, 2.45) is 0 Å². The molecule has 0 N–H and O–H groups in total. The van der Waals surface area contributed by atoms with Crippen LogP contribution in [-0.4, -0.2) is 291 Å². The first-order chi connectivity index (χ1) is 66.6. The first-order valence-corrected chi connectivity index (χ1v) is 49.4. The average Bonchev–Trinajstić information content (AvgIpc) is 0.805. The Balaban J connectivity index is 1.13. The van der Waals surface area contributed by atoms with E-state index in [0.717, 1.165) is 83.1 Å². The number of rotatable bonds is 44. The molecular weight excluding hydrogens is 1920 g/mol. The van der Waals surface area contributed by atoms with E-state index in [1.54, 1.807) is 0 Å². The summed E-state index contributed by atoms with van der Waals surface area (Å²) in [5.41, 5.74) is 0.962. The first-order valence-electron chi connectivity index (χ1n) is 45.2. The quantitative estimate of drug-likeness (QED) is 0.0200. The lowest BCUT2D eigenvalue weighted by Gasteiger charge is -2.44. The second kappa shape index (κ2) is 55.3. The Morgan fingerprint density at radius 2 is 0.371 bits per heavy atom. The van der Waals surface area contributed by atoms with Crippen LogP contribution in [0.1, 0.15) is 181 Å². The van der Waals surface area contributed by atoms with Crippen molar-refractivity contribution in [1.29, 1.82) is 0 Å². The van der Waals surface area contributed by atoms with E-state index in [-0.39, 0.29) is 101 Å². The van der Waals surface area contributed by atoms with Gasteiger partial charge in [-0.2, -0.15) is 0 Å². The molecule has 44 heteroatoms. The standard InChI is InChI=1S/C96H120O40S4/c1-49(97)117-45-73-81(121-53(5)101)85(125-57(9)105)89(129-61(13)109)93(133-73)137-37-21-33-113-77-65-25-17-26-66(77)42-68-28-19-30-70(79(68)115-35-23-39-139-95-91(131-63(15)111)87(127-59(11)107)83(123-55(7)103)75(135-95)47-119-51(3)99)44-72-32-20-31-71(80(72)116-36-24-40-140-96-92(132-64(16)112)88(128-60(12)108)84(124-56(8)104)76(136-96)48-120-52(4)100)43-69-29-18-27-67(41-65)78(69)114-34-22-38-138-94-90(130-62(14)110)86(126-58(10)106)82(122-54(6)102)74(134-94)46-118-50(2)98/h17-20,25-32,73-76,81-96H,21-24,33-48H2,1-16H3. The lowest BCUT2D eigenvalue weighted by Crippen LogP contribution is -2.61. The van der Waals surface area contributed by atoms with Crippen molar-refractivity contribution in [3.8, 4) is 23.0 Å². The minimum Gasteiger partial charge on any atom is -0.493 e. The van der Waals surface area contributed by atoms with Crippen LogP contribution in [0.5, 0.6) is 23.0 Å². The minimum atomic E-state index is -1.42. The van der Waals surface area contributed by atoms with Crippen LogP contribution in [0.4, 0.5) is 0 Å². The highest BCUT2D eigenvalue weighted by Crippen LogP contribution is 2.44. The molecule has 4 aromatic rings. The molecule has 0 saturated carbocycles. The third kappa shape index (κ3) is 34.6. The fraction of sp³-hybridized carbons (Fsp3) is 0.583. The van der Waals surface area contributed by atoms with Crippen LogP contribution >= 0.6 is 47.0 Å². The zero-order chi connectivity index (χ0) is 102. The molecule has 4 fully saturated rings. The summed E-state index contributed by atoms with van der Waals surface area (Å²) in [5.74, 6) is -9.54. The summed E-state index contributed by atoms with van der Waals surface area (Å²) in [5, 5.41) is 0. The van der Waals surface area contributed by atoms with Crippen LogP contribution in [0.25, 0.3) is 0 Å². The minimum absolute atomic E-state index is 0.0233. The molecule has 4 saturated heterocycles. The van der Waals surface area contributed by atoms with Crippen molar-refractivity contribution < 1.29 is 190 Å². The van der Waals surface area contributed by atoms with E-state index < -0.39 is 241 Å². The van der Waals surface area contributed by atoms with Crippen molar-refractivity contribution >= 4 is 143 Å². The lowest BCUT2D eigenvalue weighted by atomic mass is 9.91. The molecule has 768 valence electrons. The van der Waals surface area contributed by atoms with Crippen molar-refractivity contribution in [1.82, 2.24) is 0 Å². The predicted octanol–water partition coefficient (Wildman–Crippen LogP) is 8.70. The van der Waals surface area contributed by atoms with Gasteiger partial charge in [0.2, 0.25) is 0 Å². The number of thioether (sulfide) groups is 4. The molecule has 4 heterocycles. The van der Waals surface area contributed by atoms with Crippen LogP contribution in [0.3, 0.4) is 0 Å². The molecule has 8 bridgehead atoms. The number of para-hydroxylation sites is 4. The molecule has 140 heavy (non-hydrogen) atoms. The number of benzene rings is 4. The Bertz CT molecular complexity index is 4320. The predicted molar refractivity (Wildman–Crippen MR) is 495 cm³/mol. The van der Waals surface area contributed by atoms with E-state index in [1.165, 1.54) is 74.7 Å². The number of carbonyl (C=O) groups is 16. The molecule has 1 aliphatic carbocycles. The smallest absolute Gasteiger partial charge is 0.303 e. The molecule has 20 unspecified atom stereocenters. The summed E-state index contributed by atoms with van der Waals surface area (Å²) in [6.45, 7) is 16.6. The number of ether oxygens (including phenoxy) is 24. The molecule has 0 aromatic heterocycles. The average molecular weight is 2040 g/mol. The van der Waals surface area contributed by atoms with Crippen LogP contribution in [0, 0.1) is 0 Å². The molecular formula is C96H120O40S4. The highest BCUT2D eigenvalue weighted by molar-refractivity contribution is 8.00. The Morgan fingerprint density at radius 1 is 0.221 bits per heavy atom. The highest BCUT2D eigenvalue weighted by Gasteiger charge is 2.57. The lowest BCUT2D eigenvalue weighted by molar-refractivity contribution is -0.237. The topological polar surface area (TPSA) is 495 Å². The first kappa shape index (κ1) is 112. The monoisotopic (exact) mass is 2040 g/mol. The van der Waals surface area contributed by atoms with Gasteiger partial charge in [0.1, 0.15) is 95.6 Å². The van der Waals surface area contributed by atoms with Gasteiger partial charge in [-0.3, -0.25) is 76.7 Å². The number of carbonyl (C=O) groups excluding carboxylic acids is 16. The van der Waals surface area contributed by atoms with Crippen LogP contribution in [-0.2, 0) is 197 Å². The summed E-state index contributed by atoms with van der Waals surface area (Å²) in [6, 6.07) is 22.9. The van der Waals surface area contributed by atoms with E-state index in [2.05, 4.69) is 0 Å². The summed E-state index contributed by atoms with van der Waals surface area (Å²) >= 11 is 4.67. The maximum atomic E-state index is 12.9. The Kier molecular flexibility index (Phi) is 44.4. The van der Waals surface area contributed by atoms with Gasteiger partial charge >= 0.3 is 95.5 Å². The maximum Gasteiger partial charge on any atom is 0.303 e. The number of fused-ring (bicyclic) bond motifs is 8. The molecule has 0 radical (unpaired) electrons. The van der Waals surface area contributed by atoms with E-state index in [9.17, 15) is 76.7 Å². The van der Waals surface area contributed by atoms with Gasteiger partial charge in [0.15, 0.2) is 73.2 Å². The van der Waals surface area contributed by atoms with Crippen LogP contribution < -0.4 is 18.9 Å². The zero-order valence-electron chi connectivity index (χ0n) is 80.6. The van der Waals surface area contributed by atoms with Gasteiger partial charge in [-0.05, 0) is 93.2 Å². The van der Waals surface area contributed by atoms with Crippen molar-refractivity contribution in [2.75, 3.05) is 75.9 Å². The molecule has 5 aliphatic rings. The summed E-state index contributed by atoms with van der Waals surface area (Å²) < 4.78 is 144. The number of esters is 16. The van der Waals surface area contributed by atoms with Gasteiger partial charge in [0.25, 0.3) is 0 Å². The van der Waals surface area contributed by atoms with E-state index >= 15 is 0 Å². The summed E-state index contributed by atoms with van der Waals surface area (Å²) in [4.78, 5) is 203. The van der Waals surface area contributed by atoms with Gasteiger partial charge < -0.3 is 114 Å². The Morgan fingerprint density at radius 3 is 0.521 bits per heavy atom. The highest BCUT2D eigenvalue weighted by atomic mass is 32.2. The zero-order valence-corrected chi connectivity index (χ0v) is 83.8. The van der Waals surface area contributed by atoms with Gasteiger partial charge in [0, 0.05) is 136 Å². The second-order valence-corrected chi connectivity index (χ2v) is 37.7. The second-order valence-electron chi connectivity index (χ2n) is 32.9. The third-order valence-corrected chi connectivity index (χ3v) is 26.2. The molecule has 4 aromatic carbocycles. The van der Waals surface area contributed by atoms with Gasteiger partial charge in [-0.1, -0.05) is 72.8 Å².